The summed E-state index contributed by atoms with van der Waals surface area (Å²) < 4.78 is 35.6. The van der Waals surface area contributed by atoms with E-state index in [0.717, 1.165) is 15.9 Å². The van der Waals surface area contributed by atoms with Gasteiger partial charge in [0.15, 0.2) is 0 Å². The number of H-pyrrole nitrogens is 1. The molecule has 0 aliphatic rings. The number of para-hydroxylation sites is 1. The fraction of sp³-hybridized carbons (Fsp3) is 0.333. The minimum Gasteiger partial charge on any atom is -0.350 e. The maximum absolute atomic E-state index is 11.9. The van der Waals surface area contributed by atoms with Crippen LogP contribution in [-0.4, -0.2) is 30.0 Å². The third kappa shape index (κ3) is 3.96. The molecule has 18 heavy (non-hydrogen) atoms. The molecule has 1 aromatic heterocycles. The monoisotopic (exact) mass is 274 g/mol. The van der Waals surface area contributed by atoms with E-state index < -0.39 is 12.7 Å². The van der Waals surface area contributed by atoms with Gasteiger partial charge in [0, 0.05) is 23.2 Å². The number of fused-ring (bicyclic) bond motifs is 1. The molecule has 1 aromatic carbocycles. The first-order valence-corrected chi connectivity index (χ1v) is 6.51. The molecular formula is C12H13F3N2S. The van der Waals surface area contributed by atoms with Crippen molar-refractivity contribution < 1.29 is 13.2 Å². The molecule has 0 atom stereocenters. The molecule has 0 aliphatic heterocycles. The lowest BCUT2D eigenvalue weighted by molar-refractivity contribution is -0.124. The van der Waals surface area contributed by atoms with Gasteiger partial charge in [0.05, 0.1) is 11.6 Å². The van der Waals surface area contributed by atoms with Crippen molar-refractivity contribution in [1.82, 2.24) is 10.3 Å². The quantitative estimate of drug-likeness (QED) is 0.646. The van der Waals surface area contributed by atoms with Gasteiger partial charge >= 0.3 is 6.18 Å². The molecule has 2 N–H and O–H groups in total. The van der Waals surface area contributed by atoms with Gasteiger partial charge in [-0.15, -0.1) is 11.8 Å². The molecule has 0 aliphatic carbocycles. The molecule has 6 heteroatoms. The number of alkyl halides is 3. The highest BCUT2D eigenvalue weighted by Crippen LogP contribution is 2.22. The summed E-state index contributed by atoms with van der Waals surface area (Å²) in [5, 5.41) is 4.46. The summed E-state index contributed by atoms with van der Waals surface area (Å²) in [6.07, 6.45) is -4.13. The van der Waals surface area contributed by atoms with Gasteiger partial charge in [-0.3, -0.25) is 0 Å². The fourth-order valence-electron chi connectivity index (χ4n) is 1.59. The van der Waals surface area contributed by atoms with E-state index in [2.05, 4.69) is 10.3 Å². The number of rotatable bonds is 5. The molecule has 2 rings (SSSR count). The van der Waals surface area contributed by atoms with Crippen LogP contribution in [0.5, 0.6) is 0 Å². The molecule has 2 nitrogen and oxygen atoms in total. The van der Waals surface area contributed by atoms with Crippen LogP contribution in [0, 0.1) is 0 Å². The van der Waals surface area contributed by atoms with Crippen LogP contribution in [-0.2, 0) is 0 Å². The van der Waals surface area contributed by atoms with Gasteiger partial charge in [0.1, 0.15) is 0 Å². The molecular weight excluding hydrogens is 261 g/mol. The Kier molecular flexibility index (Phi) is 4.19. The van der Waals surface area contributed by atoms with E-state index >= 15 is 0 Å². The van der Waals surface area contributed by atoms with Gasteiger partial charge in [-0.1, -0.05) is 18.2 Å². The summed E-state index contributed by atoms with van der Waals surface area (Å²) in [6, 6.07) is 9.87. The van der Waals surface area contributed by atoms with E-state index in [1.54, 1.807) is 0 Å². The van der Waals surface area contributed by atoms with Crippen LogP contribution < -0.4 is 5.32 Å². The normalized spacial score (nSPS) is 12.2. The van der Waals surface area contributed by atoms with Crippen LogP contribution in [0.2, 0.25) is 0 Å². The summed E-state index contributed by atoms with van der Waals surface area (Å²) in [6.45, 7) is -0.597. The largest absolute Gasteiger partial charge is 0.401 e. The number of benzene rings is 1. The lowest BCUT2D eigenvalue weighted by atomic mass is 10.3. The van der Waals surface area contributed by atoms with E-state index in [4.69, 9.17) is 0 Å². The Morgan fingerprint density at radius 1 is 1.22 bits per heavy atom. The fourth-order valence-corrected chi connectivity index (χ4v) is 2.45. The first-order valence-electron chi connectivity index (χ1n) is 5.53. The Morgan fingerprint density at radius 3 is 2.72 bits per heavy atom. The van der Waals surface area contributed by atoms with Crippen LogP contribution in [0.25, 0.3) is 10.9 Å². The molecule has 2 aromatic rings. The Bertz CT molecular complexity index is 474. The van der Waals surface area contributed by atoms with Crippen LogP contribution in [0.1, 0.15) is 0 Å². The third-order valence-electron chi connectivity index (χ3n) is 2.37. The second-order valence-corrected chi connectivity index (χ2v) is 5.00. The predicted octanol–water partition coefficient (Wildman–Crippen LogP) is 3.41. The Labute approximate surface area is 107 Å². The average Bonchev–Trinajstić information content (AvgIpc) is 2.69. The highest BCUT2D eigenvalue weighted by atomic mass is 32.2. The number of aromatic nitrogens is 1. The van der Waals surface area contributed by atoms with Crippen LogP contribution in [0.4, 0.5) is 13.2 Å². The van der Waals surface area contributed by atoms with Crippen molar-refractivity contribution in [3.05, 3.63) is 30.3 Å². The van der Waals surface area contributed by atoms with Crippen molar-refractivity contribution in [2.24, 2.45) is 0 Å². The molecule has 1 heterocycles. The highest BCUT2D eigenvalue weighted by molar-refractivity contribution is 7.99. The van der Waals surface area contributed by atoms with Gasteiger partial charge in [0.2, 0.25) is 0 Å². The van der Waals surface area contributed by atoms with E-state index in [9.17, 15) is 13.2 Å². The zero-order valence-corrected chi connectivity index (χ0v) is 10.4. The first kappa shape index (κ1) is 13.3. The average molecular weight is 274 g/mol. The second kappa shape index (κ2) is 5.67. The highest BCUT2D eigenvalue weighted by Gasteiger charge is 2.25. The molecule has 0 saturated carbocycles. The van der Waals surface area contributed by atoms with E-state index in [1.165, 1.54) is 11.8 Å². The molecule has 0 bridgehead atoms. The first-order chi connectivity index (χ1) is 8.54. The van der Waals surface area contributed by atoms with Gasteiger partial charge in [-0.2, -0.15) is 13.2 Å². The van der Waals surface area contributed by atoms with E-state index in [-0.39, 0.29) is 0 Å². The van der Waals surface area contributed by atoms with Crippen LogP contribution in [0.15, 0.2) is 35.4 Å². The third-order valence-corrected chi connectivity index (χ3v) is 3.31. The standard InChI is InChI=1S/C12H13F3N2S/c13-12(14,15)8-16-5-6-18-11-7-9-3-1-2-4-10(9)17-11/h1-4,7,16-17H,5-6,8H2. The van der Waals surface area contributed by atoms with Gasteiger partial charge < -0.3 is 10.3 Å². The Balaban J connectivity index is 1.77. The van der Waals surface area contributed by atoms with E-state index in [0.29, 0.717) is 12.3 Å². The molecule has 0 radical (unpaired) electrons. The van der Waals surface area contributed by atoms with Crippen molar-refractivity contribution in [3.63, 3.8) is 0 Å². The smallest absolute Gasteiger partial charge is 0.350 e. The van der Waals surface area contributed by atoms with Crippen molar-refractivity contribution in [2.75, 3.05) is 18.8 Å². The second-order valence-electron chi connectivity index (χ2n) is 3.86. The zero-order chi connectivity index (χ0) is 13.0. The lowest BCUT2D eigenvalue weighted by Crippen LogP contribution is -2.30. The van der Waals surface area contributed by atoms with Crippen molar-refractivity contribution in [2.45, 2.75) is 11.2 Å². The molecule has 98 valence electrons. The molecule has 0 unspecified atom stereocenters. The Morgan fingerprint density at radius 2 is 2.00 bits per heavy atom. The number of hydrogen-bond donors (Lipinski definition) is 2. The van der Waals surface area contributed by atoms with Crippen LogP contribution in [0.3, 0.4) is 0 Å². The lowest BCUT2D eigenvalue weighted by Gasteiger charge is -2.07. The number of hydrogen-bond acceptors (Lipinski definition) is 2. The molecule has 0 saturated heterocycles. The van der Waals surface area contributed by atoms with Crippen molar-refractivity contribution in [1.29, 1.82) is 0 Å². The topological polar surface area (TPSA) is 27.8 Å². The van der Waals surface area contributed by atoms with E-state index in [1.807, 2.05) is 30.3 Å². The maximum atomic E-state index is 11.9. The SMILES string of the molecule is FC(F)(F)CNCCSc1cc2ccccc2[nH]1. The summed E-state index contributed by atoms with van der Waals surface area (Å²) in [5.74, 6) is 0.600. The van der Waals surface area contributed by atoms with Crippen molar-refractivity contribution in [3.8, 4) is 0 Å². The van der Waals surface area contributed by atoms with Crippen LogP contribution >= 0.6 is 11.8 Å². The number of halogens is 3. The minimum atomic E-state index is -4.13. The zero-order valence-electron chi connectivity index (χ0n) is 9.55. The van der Waals surface area contributed by atoms with Gasteiger partial charge in [-0.05, 0) is 12.1 Å². The molecule has 0 spiro atoms. The molecule has 0 fully saturated rings. The number of nitrogens with one attached hydrogen (secondary N) is 2. The number of aromatic amines is 1. The Hall–Kier alpha value is -1.14. The summed E-state index contributed by atoms with van der Waals surface area (Å²) in [5.41, 5.74) is 1.04. The van der Waals surface area contributed by atoms with Crippen molar-refractivity contribution >= 4 is 22.7 Å². The summed E-state index contributed by atoms with van der Waals surface area (Å²) >= 11 is 1.51. The summed E-state index contributed by atoms with van der Waals surface area (Å²) in [4.78, 5) is 3.22. The van der Waals surface area contributed by atoms with Gasteiger partial charge in [-0.25, -0.2) is 0 Å². The summed E-state index contributed by atoms with van der Waals surface area (Å²) in [7, 11) is 0. The minimum absolute atomic E-state index is 0.333. The van der Waals surface area contributed by atoms with Gasteiger partial charge in [0.25, 0.3) is 0 Å². The number of thioether (sulfide) groups is 1. The maximum Gasteiger partial charge on any atom is 0.401 e. The molecule has 0 amide bonds. The predicted molar refractivity (Wildman–Crippen MR) is 67.9 cm³/mol.